The summed E-state index contributed by atoms with van der Waals surface area (Å²) in [5.74, 6) is 3.58. The van der Waals surface area contributed by atoms with Crippen molar-refractivity contribution in [3.63, 3.8) is 0 Å². The molecule has 0 saturated carbocycles. The number of amides is 1. The summed E-state index contributed by atoms with van der Waals surface area (Å²) in [6, 6.07) is 0.998. The van der Waals surface area contributed by atoms with Crippen LogP contribution in [0.15, 0.2) is 12.3 Å². The highest BCUT2D eigenvalue weighted by molar-refractivity contribution is 5.96. The molecule has 1 heterocycles. The number of nitrogens with two attached hydrogens (primary N) is 2. The van der Waals surface area contributed by atoms with Crippen molar-refractivity contribution in [3.05, 3.63) is 23.8 Å². The van der Waals surface area contributed by atoms with Gasteiger partial charge in [0, 0.05) is 6.07 Å². The van der Waals surface area contributed by atoms with Crippen molar-refractivity contribution < 1.29 is 9.18 Å². The van der Waals surface area contributed by atoms with Crippen molar-refractivity contribution in [2.24, 2.45) is 5.84 Å². The lowest BCUT2D eigenvalue weighted by molar-refractivity contribution is 0.0949. The highest BCUT2D eigenvalue weighted by atomic mass is 19.1. The number of carbonyl (C=O) groups is 1. The van der Waals surface area contributed by atoms with Crippen LogP contribution in [0.25, 0.3) is 0 Å². The Morgan fingerprint density at radius 3 is 2.83 bits per heavy atom. The Morgan fingerprint density at radius 1 is 1.67 bits per heavy atom. The molecule has 12 heavy (non-hydrogen) atoms. The molecule has 1 amide bonds. The largest absolute Gasteiger partial charge is 0.397 e. The van der Waals surface area contributed by atoms with E-state index in [0.717, 1.165) is 12.3 Å². The number of hydrogen-bond acceptors (Lipinski definition) is 4. The maximum absolute atomic E-state index is 12.4. The molecule has 0 atom stereocenters. The van der Waals surface area contributed by atoms with Gasteiger partial charge in [-0.15, -0.1) is 0 Å². The minimum Gasteiger partial charge on any atom is -0.397 e. The van der Waals surface area contributed by atoms with Crippen molar-refractivity contribution in [2.45, 2.75) is 0 Å². The molecule has 0 aliphatic heterocycles. The minimum absolute atomic E-state index is 0.0436. The number of pyridine rings is 1. The third-order valence-corrected chi connectivity index (χ3v) is 1.23. The number of nitrogen functional groups attached to an aromatic ring is 2. The van der Waals surface area contributed by atoms with E-state index in [1.165, 1.54) is 0 Å². The number of carbonyl (C=O) groups excluding carboxylic acids is 1. The van der Waals surface area contributed by atoms with Crippen LogP contribution in [0.5, 0.6) is 0 Å². The first-order valence-electron chi connectivity index (χ1n) is 3.07. The van der Waals surface area contributed by atoms with E-state index in [1.807, 2.05) is 5.43 Å². The fourth-order valence-corrected chi connectivity index (χ4v) is 0.713. The lowest BCUT2D eigenvalue weighted by Crippen LogP contribution is -2.31. The highest BCUT2D eigenvalue weighted by Gasteiger charge is 2.09. The third kappa shape index (κ3) is 1.48. The molecule has 0 saturated heterocycles. The van der Waals surface area contributed by atoms with Gasteiger partial charge in [0.15, 0.2) is 5.69 Å². The van der Waals surface area contributed by atoms with Crippen LogP contribution in [0.4, 0.5) is 10.1 Å². The first-order valence-corrected chi connectivity index (χ1v) is 3.07. The first kappa shape index (κ1) is 8.41. The van der Waals surface area contributed by atoms with Gasteiger partial charge in [-0.2, -0.15) is 0 Å². The van der Waals surface area contributed by atoms with E-state index in [4.69, 9.17) is 11.6 Å². The molecule has 0 fully saturated rings. The molecule has 6 heteroatoms. The first-order chi connectivity index (χ1) is 5.65. The summed E-state index contributed by atoms with van der Waals surface area (Å²) >= 11 is 0. The molecule has 0 aliphatic carbocycles. The van der Waals surface area contributed by atoms with Crippen LogP contribution in [0.2, 0.25) is 0 Å². The Labute approximate surface area is 67.5 Å². The van der Waals surface area contributed by atoms with Gasteiger partial charge in [0.25, 0.3) is 5.91 Å². The molecule has 0 radical (unpaired) electrons. The van der Waals surface area contributed by atoms with Crippen molar-refractivity contribution in [1.82, 2.24) is 10.4 Å². The standard InChI is InChI=1S/C6H7FN4O/c7-3-1-4(8)5(10-2-3)6(12)11-9/h1-2H,8-9H2,(H,11,12). The van der Waals surface area contributed by atoms with Gasteiger partial charge in [-0.05, 0) is 0 Å². The Balaban J connectivity index is 3.09. The van der Waals surface area contributed by atoms with Gasteiger partial charge in [-0.1, -0.05) is 0 Å². The van der Waals surface area contributed by atoms with Crippen molar-refractivity contribution >= 4 is 11.6 Å². The lowest BCUT2D eigenvalue weighted by Gasteiger charge is -2.01. The summed E-state index contributed by atoms with van der Waals surface area (Å²) in [6.45, 7) is 0. The zero-order valence-electron chi connectivity index (χ0n) is 6.04. The van der Waals surface area contributed by atoms with Crippen LogP contribution >= 0.6 is 0 Å². The fourth-order valence-electron chi connectivity index (χ4n) is 0.713. The molecule has 1 aromatic rings. The van der Waals surface area contributed by atoms with Crippen LogP contribution in [-0.4, -0.2) is 10.9 Å². The summed E-state index contributed by atoms with van der Waals surface area (Å²) in [6.07, 6.45) is 0.890. The maximum Gasteiger partial charge on any atom is 0.285 e. The second kappa shape index (κ2) is 3.14. The van der Waals surface area contributed by atoms with Gasteiger partial charge >= 0.3 is 0 Å². The normalized spacial score (nSPS) is 9.50. The summed E-state index contributed by atoms with van der Waals surface area (Å²) < 4.78 is 12.4. The van der Waals surface area contributed by atoms with Crippen molar-refractivity contribution in [3.8, 4) is 0 Å². The summed E-state index contributed by atoms with van der Waals surface area (Å²) in [5.41, 5.74) is 6.99. The maximum atomic E-state index is 12.4. The Bertz CT molecular complexity index is 314. The zero-order chi connectivity index (χ0) is 9.14. The highest BCUT2D eigenvalue weighted by Crippen LogP contribution is 2.08. The van der Waals surface area contributed by atoms with E-state index in [1.54, 1.807) is 0 Å². The Kier molecular flexibility index (Phi) is 2.20. The number of hydrogen-bond donors (Lipinski definition) is 3. The van der Waals surface area contributed by atoms with E-state index < -0.39 is 11.7 Å². The van der Waals surface area contributed by atoms with E-state index in [-0.39, 0.29) is 11.4 Å². The molecule has 1 rings (SSSR count). The molecule has 5 nitrogen and oxygen atoms in total. The summed E-state index contributed by atoms with van der Waals surface area (Å²) in [5, 5.41) is 0. The number of anilines is 1. The average Bonchev–Trinajstić information content (AvgIpc) is 2.03. The topological polar surface area (TPSA) is 94.0 Å². The van der Waals surface area contributed by atoms with Gasteiger partial charge in [0.1, 0.15) is 5.82 Å². The second-order valence-electron chi connectivity index (χ2n) is 2.06. The predicted molar refractivity (Wildman–Crippen MR) is 40.3 cm³/mol. The molecule has 1 aromatic heterocycles. The number of halogens is 1. The smallest absolute Gasteiger partial charge is 0.285 e. The van der Waals surface area contributed by atoms with Crippen LogP contribution in [-0.2, 0) is 0 Å². The van der Waals surface area contributed by atoms with Crippen molar-refractivity contribution in [1.29, 1.82) is 0 Å². The molecular formula is C6H7FN4O. The SMILES string of the molecule is NNC(=O)c1ncc(F)cc1N. The van der Waals surface area contributed by atoms with E-state index in [2.05, 4.69) is 4.98 Å². The van der Waals surface area contributed by atoms with Gasteiger partial charge in [0.2, 0.25) is 0 Å². The van der Waals surface area contributed by atoms with E-state index in [0.29, 0.717) is 0 Å². The van der Waals surface area contributed by atoms with Gasteiger partial charge in [-0.25, -0.2) is 15.2 Å². The number of aromatic nitrogens is 1. The van der Waals surface area contributed by atoms with Gasteiger partial charge in [0.05, 0.1) is 11.9 Å². The molecule has 0 aliphatic rings. The average molecular weight is 170 g/mol. The number of nitrogens with zero attached hydrogens (tertiary/aromatic N) is 1. The predicted octanol–water partition coefficient (Wildman–Crippen LogP) is -0.594. The molecular weight excluding hydrogens is 163 g/mol. The van der Waals surface area contributed by atoms with Crippen LogP contribution in [0.3, 0.4) is 0 Å². The minimum atomic E-state index is -0.646. The Hall–Kier alpha value is -1.69. The molecule has 0 spiro atoms. The van der Waals surface area contributed by atoms with Crippen LogP contribution in [0, 0.1) is 5.82 Å². The quantitative estimate of drug-likeness (QED) is 0.298. The zero-order valence-corrected chi connectivity index (χ0v) is 6.04. The van der Waals surface area contributed by atoms with E-state index >= 15 is 0 Å². The fraction of sp³-hybridized carbons (Fsp3) is 0. The molecule has 0 aromatic carbocycles. The molecule has 5 N–H and O–H groups in total. The monoisotopic (exact) mass is 170 g/mol. The van der Waals surface area contributed by atoms with Gasteiger partial charge < -0.3 is 5.73 Å². The number of hydrazine groups is 1. The van der Waals surface area contributed by atoms with Crippen LogP contribution in [0.1, 0.15) is 10.5 Å². The molecule has 0 unspecified atom stereocenters. The molecule has 0 bridgehead atoms. The third-order valence-electron chi connectivity index (χ3n) is 1.23. The molecule has 64 valence electrons. The summed E-state index contributed by atoms with van der Waals surface area (Å²) in [4.78, 5) is 14.3. The van der Waals surface area contributed by atoms with E-state index in [9.17, 15) is 9.18 Å². The van der Waals surface area contributed by atoms with Gasteiger partial charge in [-0.3, -0.25) is 10.2 Å². The Morgan fingerprint density at radius 2 is 2.33 bits per heavy atom. The lowest BCUT2D eigenvalue weighted by atomic mass is 10.3. The number of nitrogens with one attached hydrogen (secondary N) is 1. The summed E-state index contributed by atoms with van der Waals surface area (Å²) in [7, 11) is 0. The van der Waals surface area contributed by atoms with Crippen LogP contribution < -0.4 is 17.0 Å². The van der Waals surface area contributed by atoms with Crippen molar-refractivity contribution in [2.75, 3.05) is 5.73 Å². The second-order valence-corrected chi connectivity index (χ2v) is 2.06. The number of rotatable bonds is 1.